The second-order valence-electron chi connectivity index (χ2n) is 7.77. The van der Waals surface area contributed by atoms with Gasteiger partial charge in [-0.15, -0.1) is 0 Å². The summed E-state index contributed by atoms with van der Waals surface area (Å²) < 4.78 is 1.74. The van der Waals surface area contributed by atoms with Crippen molar-refractivity contribution >= 4 is 28.6 Å². The number of nitrogens with one attached hydrogen (secondary N) is 1. The summed E-state index contributed by atoms with van der Waals surface area (Å²) in [5.74, 6) is 0.432. The van der Waals surface area contributed by atoms with Crippen molar-refractivity contribution in [2.75, 3.05) is 0 Å². The molecular formula is C24H29N3O2S. The second-order valence-corrected chi connectivity index (χ2v) is 8.94. The number of fused-ring (bicyclic) bond motifs is 1. The van der Waals surface area contributed by atoms with E-state index in [1.807, 2.05) is 61.5 Å². The first-order valence-corrected chi connectivity index (χ1v) is 11.4. The van der Waals surface area contributed by atoms with E-state index in [9.17, 15) is 9.59 Å². The van der Waals surface area contributed by atoms with Crippen molar-refractivity contribution in [2.45, 2.75) is 57.1 Å². The Balaban J connectivity index is 1.84. The molecule has 0 fully saturated rings. The van der Waals surface area contributed by atoms with E-state index in [0.29, 0.717) is 41.5 Å². The lowest BCUT2D eigenvalue weighted by Crippen LogP contribution is -2.33. The van der Waals surface area contributed by atoms with Crippen LogP contribution >= 0.6 is 11.8 Å². The molecule has 1 N–H and O–H groups in total. The van der Waals surface area contributed by atoms with E-state index >= 15 is 0 Å². The van der Waals surface area contributed by atoms with Gasteiger partial charge in [0.2, 0.25) is 5.91 Å². The molecule has 0 bridgehead atoms. The quantitative estimate of drug-likeness (QED) is 0.403. The number of para-hydroxylation sites is 1. The first kappa shape index (κ1) is 22.1. The Morgan fingerprint density at radius 3 is 2.50 bits per heavy atom. The van der Waals surface area contributed by atoms with Gasteiger partial charge in [-0.05, 0) is 36.5 Å². The third-order valence-electron chi connectivity index (χ3n) is 4.98. The van der Waals surface area contributed by atoms with Crippen molar-refractivity contribution in [2.24, 2.45) is 5.92 Å². The number of thioether (sulfide) groups is 1. The Hall–Kier alpha value is -2.60. The summed E-state index contributed by atoms with van der Waals surface area (Å²) in [4.78, 5) is 30.7. The van der Waals surface area contributed by atoms with Crippen molar-refractivity contribution in [1.82, 2.24) is 14.9 Å². The smallest absolute Gasteiger partial charge is 0.262 e. The summed E-state index contributed by atoms with van der Waals surface area (Å²) in [6, 6.07) is 17.3. The first-order valence-electron chi connectivity index (χ1n) is 10.5. The van der Waals surface area contributed by atoms with Crippen LogP contribution in [0.25, 0.3) is 10.9 Å². The minimum absolute atomic E-state index is 0.0378. The summed E-state index contributed by atoms with van der Waals surface area (Å²) in [7, 11) is 0. The van der Waals surface area contributed by atoms with Crippen LogP contribution in [-0.2, 0) is 17.9 Å². The second kappa shape index (κ2) is 10.4. The third-order valence-corrected chi connectivity index (χ3v) is 6.33. The maximum atomic E-state index is 13.1. The van der Waals surface area contributed by atoms with E-state index < -0.39 is 0 Å². The molecule has 1 aromatic heterocycles. The lowest BCUT2D eigenvalue weighted by Gasteiger charge is -2.18. The molecule has 1 unspecified atom stereocenters. The summed E-state index contributed by atoms with van der Waals surface area (Å²) in [6.07, 6.45) is 1.53. The molecular weight excluding hydrogens is 394 g/mol. The molecule has 0 spiro atoms. The highest BCUT2D eigenvalue weighted by atomic mass is 32.2. The molecule has 1 atom stereocenters. The molecule has 1 amide bonds. The van der Waals surface area contributed by atoms with E-state index in [-0.39, 0.29) is 16.7 Å². The zero-order valence-corrected chi connectivity index (χ0v) is 18.6. The van der Waals surface area contributed by atoms with E-state index in [0.717, 1.165) is 12.0 Å². The minimum atomic E-state index is -0.313. The van der Waals surface area contributed by atoms with Gasteiger partial charge in [-0.25, -0.2) is 4.98 Å². The molecule has 0 aliphatic carbocycles. The fraction of sp³-hybridized carbons (Fsp3) is 0.375. The van der Waals surface area contributed by atoms with Crippen molar-refractivity contribution in [3.8, 4) is 0 Å². The molecule has 6 heteroatoms. The van der Waals surface area contributed by atoms with Crippen molar-refractivity contribution in [3.63, 3.8) is 0 Å². The van der Waals surface area contributed by atoms with Gasteiger partial charge in [-0.2, -0.15) is 0 Å². The molecule has 3 rings (SSSR count). The molecule has 30 heavy (non-hydrogen) atoms. The van der Waals surface area contributed by atoms with Gasteiger partial charge in [0.05, 0.1) is 16.2 Å². The van der Waals surface area contributed by atoms with Crippen LogP contribution in [0.2, 0.25) is 0 Å². The zero-order chi connectivity index (χ0) is 21.5. The molecule has 0 radical (unpaired) electrons. The number of hydrogen-bond acceptors (Lipinski definition) is 4. The Morgan fingerprint density at radius 2 is 1.80 bits per heavy atom. The topological polar surface area (TPSA) is 64.0 Å². The summed E-state index contributed by atoms with van der Waals surface area (Å²) in [5, 5.41) is 3.93. The van der Waals surface area contributed by atoms with Gasteiger partial charge in [0.15, 0.2) is 5.16 Å². The molecule has 0 saturated heterocycles. The predicted octanol–water partition coefficient (Wildman–Crippen LogP) is 4.63. The summed E-state index contributed by atoms with van der Waals surface area (Å²) in [5.41, 5.74) is 1.69. The van der Waals surface area contributed by atoms with Gasteiger partial charge in [0.1, 0.15) is 0 Å². The number of carbonyl (C=O) groups excluding carboxylic acids is 1. The Morgan fingerprint density at radius 1 is 1.10 bits per heavy atom. The SMILES string of the molecule is CCC(Sc1nc2ccccc2c(=O)n1CCC(C)C)C(=O)NCc1ccccc1. The summed E-state index contributed by atoms with van der Waals surface area (Å²) in [6.45, 7) is 7.34. The molecule has 2 aromatic carbocycles. The summed E-state index contributed by atoms with van der Waals surface area (Å²) >= 11 is 1.38. The van der Waals surface area contributed by atoms with Crippen LogP contribution in [-0.4, -0.2) is 20.7 Å². The Labute approximate surface area is 181 Å². The maximum absolute atomic E-state index is 13.1. The van der Waals surface area contributed by atoms with Crippen LogP contribution in [0.4, 0.5) is 0 Å². The molecule has 158 valence electrons. The first-order chi connectivity index (χ1) is 14.5. The monoisotopic (exact) mass is 423 g/mol. The fourth-order valence-corrected chi connectivity index (χ4v) is 4.23. The zero-order valence-electron chi connectivity index (χ0n) is 17.8. The van der Waals surface area contributed by atoms with Crippen LogP contribution < -0.4 is 10.9 Å². The third kappa shape index (κ3) is 5.51. The van der Waals surface area contributed by atoms with Gasteiger partial charge in [-0.3, -0.25) is 14.2 Å². The van der Waals surface area contributed by atoms with E-state index in [1.54, 1.807) is 4.57 Å². The highest BCUT2D eigenvalue weighted by Crippen LogP contribution is 2.25. The highest BCUT2D eigenvalue weighted by molar-refractivity contribution is 8.00. The van der Waals surface area contributed by atoms with Crippen LogP contribution in [0.5, 0.6) is 0 Å². The van der Waals surface area contributed by atoms with Crippen LogP contribution in [0.15, 0.2) is 64.5 Å². The van der Waals surface area contributed by atoms with E-state index in [1.165, 1.54) is 11.8 Å². The van der Waals surface area contributed by atoms with Crippen molar-refractivity contribution in [3.05, 3.63) is 70.5 Å². The normalized spacial score (nSPS) is 12.3. The van der Waals surface area contributed by atoms with Gasteiger partial charge in [0.25, 0.3) is 5.56 Å². The molecule has 1 heterocycles. The molecule has 0 aliphatic heterocycles. The van der Waals surface area contributed by atoms with Gasteiger partial charge < -0.3 is 5.32 Å². The number of amides is 1. The minimum Gasteiger partial charge on any atom is -0.351 e. The van der Waals surface area contributed by atoms with Crippen molar-refractivity contribution < 1.29 is 4.79 Å². The Kier molecular flexibility index (Phi) is 7.69. The predicted molar refractivity (Wildman–Crippen MR) is 124 cm³/mol. The largest absolute Gasteiger partial charge is 0.351 e. The maximum Gasteiger partial charge on any atom is 0.262 e. The Bertz CT molecular complexity index is 1050. The van der Waals surface area contributed by atoms with Crippen LogP contribution in [0.1, 0.15) is 39.2 Å². The highest BCUT2D eigenvalue weighted by Gasteiger charge is 2.22. The molecule has 3 aromatic rings. The number of benzene rings is 2. The lowest BCUT2D eigenvalue weighted by molar-refractivity contribution is -0.120. The van der Waals surface area contributed by atoms with Crippen molar-refractivity contribution in [1.29, 1.82) is 0 Å². The lowest BCUT2D eigenvalue weighted by atomic mass is 10.1. The fourth-order valence-electron chi connectivity index (χ4n) is 3.17. The van der Waals surface area contributed by atoms with Crippen LogP contribution in [0, 0.1) is 5.92 Å². The van der Waals surface area contributed by atoms with Gasteiger partial charge in [0, 0.05) is 13.1 Å². The van der Waals surface area contributed by atoms with Gasteiger partial charge in [-0.1, -0.05) is 75.0 Å². The standard InChI is InChI=1S/C24H29N3O2S/c1-4-21(22(28)25-16-18-10-6-5-7-11-18)30-24-26-20-13-9-8-12-19(20)23(29)27(24)15-14-17(2)3/h5-13,17,21H,4,14-16H2,1-3H3,(H,25,28). The molecule has 5 nitrogen and oxygen atoms in total. The van der Waals surface area contributed by atoms with E-state index in [4.69, 9.17) is 4.98 Å². The number of rotatable bonds is 9. The van der Waals surface area contributed by atoms with Gasteiger partial charge >= 0.3 is 0 Å². The number of aromatic nitrogens is 2. The molecule has 0 aliphatic rings. The number of hydrogen-bond donors (Lipinski definition) is 1. The van der Waals surface area contributed by atoms with E-state index in [2.05, 4.69) is 19.2 Å². The average molecular weight is 424 g/mol. The molecule has 0 saturated carbocycles. The van der Waals surface area contributed by atoms with Crippen LogP contribution in [0.3, 0.4) is 0 Å². The number of carbonyl (C=O) groups is 1. The number of nitrogens with zero attached hydrogens (tertiary/aromatic N) is 2. The average Bonchev–Trinajstić information content (AvgIpc) is 2.76.